The molecule has 1 aromatic rings. The van der Waals surface area contributed by atoms with Gasteiger partial charge in [-0.15, -0.1) is 0 Å². The van der Waals surface area contributed by atoms with Gasteiger partial charge >= 0.3 is 0 Å². The number of benzene rings is 1. The fourth-order valence-electron chi connectivity index (χ4n) is 1.35. The molecule has 2 nitrogen and oxygen atoms in total. The third kappa shape index (κ3) is 2.25. The highest BCUT2D eigenvalue weighted by Gasteiger charge is 2.18. The van der Waals surface area contributed by atoms with Crippen LogP contribution >= 0.6 is 15.9 Å². The first-order chi connectivity index (χ1) is 6.75. The first kappa shape index (κ1) is 9.93. The Bertz CT molecular complexity index is 324. The summed E-state index contributed by atoms with van der Waals surface area (Å²) in [5.41, 5.74) is 0. The normalized spacial score (nSPS) is 21.1. The van der Waals surface area contributed by atoms with E-state index < -0.39 is 0 Å². The highest BCUT2D eigenvalue weighted by molar-refractivity contribution is 9.10. The molecule has 0 spiro atoms. The smallest absolute Gasteiger partial charge is 0.136 e. The van der Waals surface area contributed by atoms with Crippen LogP contribution in [0.3, 0.4) is 0 Å². The van der Waals surface area contributed by atoms with Crippen LogP contribution in [0.15, 0.2) is 22.7 Å². The minimum atomic E-state index is -0.290. The molecule has 0 aliphatic carbocycles. The van der Waals surface area contributed by atoms with Gasteiger partial charge in [0.25, 0.3) is 0 Å². The van der Waals surface area contributed by atoms with Gasteiger partial charge in [0.05, 0.1) is 17.7 Å². The van der Waals surface area contributed by atoms with Crippen LogP contribution in [0.4, 0.5) is 4.39 Å². The van der Waals surface area contributed by atoms with Crippen molar-refractivity contribution in [3.8, 4) is 5.75 Å². The summed E-state index contributed by atoms with van der Waals surface area (Å²) in [6.07, 6.45) is 0.913. The predicted molar refractivity (Wildman–Crippen MR) is 54.0 cm³/mol. The maximum absolute atomic E-state index is 12.9. The van der Waals surface area contributed by atoms with Crippen LogP contribution in [0.5, 0.6) is 5.75 Å². The molecule has 76 valence electrons. The topological polar surface area (TPSA) is 18.5 Å². The van der Waals surface area contributed by atoms with Crippen molar-refractivity contribution < 1.29 is 13.9 Å². The van der Waals surface area contributed by atoms with Crippen molar-refractivity contribution in [1.82, 2.24) is 0 Å². The van der Waals surface area contributed by atoms with Gasteiger partial charge in [0, 0.05) is 12.5 Å². The summed E-state index contributed by atoms with van der Waals surface area (Å²) in [5, 5.41) is 0. The largest absolute Gasteiger partial charge is 0.487 e. The van der Waals surface area contributed by atoms with Gasteiger partial charge in [-0.25, -0.2) is 4.39 Å². The summed E-state index contributed by atoms with van der Waals surface area (Å²) >= 11 is 3.31. The van der Waals surface area contributed by atoms with E-state index in [1.165, 1.54) is 12.1 Å². The Morgan fingerprint density at radius 1 is 1.50 bits per heavy atom. The lowest BCUT2D eigenvalue weighted by Crippen LogP contribution is -2.15. The molecular formula is C10H10BrFO2. The highest BCUT2D eigenvalue weighted by Crippen LogP contribution is 2.27. The van der Waals surface area contributed by atoms with Crippen molar-refractivity contribution in [1.29, 1.82) is 0 Å². The molecule has 1 aromatic carbocycles. The molecule has 14 heavy (non-hydrogen) atoms. The monoisotopic (exact) mass is 260 g/mol. The lowest BCUT2D eigenvalue weighted by molar-refractivity contribution is 0.140. The molecule has 0 aromatic heterocycles. The molecule has 0 N–H and O–H groups in total. The Morgan fingerprint density at radius 3 is 3.07 bits per heavy atom. The zero-order valence-corrected chi connectivity index (χ0v) is 9.09. The van der Waals surface area contributed by atoms with Crippen LogP contribution in [-0.2, 0) is 4.74 Å². The lowest BCUT2D eigenvalue weighted by Gasteiger charge is -2.12. The minimum Gasteiger partial charge on any atom is -0.487 e. The Morgan fingerprint density at radius 2 is 2.36 bits per heavy atom. The van der Waals surface area contributed by atoms with E-state index in [9.17, 15) is 4.39 Å². The molecule has 1 aliphatic rings. The predicted octanol–water partition coefficient (Wildman–Crippen LogP) is 2.76. The molecule has 1 fully saturated rings. The van der Waals surface area contributed by atoms with Crippen LogP contribution in [0.2, 0.25) is 0 Å². The van der Waals surface area contributed by atoms with Crippen molar-refractivity contribution in [3.63, 3.8) is 0 Å². The number of rotatable bonds is 2. The molecule has 4 heteroatoms. The van der Waals surface area contributed by atoms with Crippen LogP contribution in [0, 0.1) is 5.82 Å². The van der Waals surface area contributed by atoms with Crippen LogP contribution in [0.1, 0.15) is 6.42 Å². The maximum atomic E-state index is 12.9. The lowest BCUT2D eigenvalue weighted by atomic mass is 10.3. The van der Waals surface area contributed by atoms with E-state index in [0.29, 0.717) is 12.4 Å². The first-order valence-electron chi connectivity index (χ1n) is 4.45. The molecular weight excluding hydrogens is 251 g/mol. The number of hydrogen-bond donors (Lipinski definition) is 0. The average Bonchev–Trinajstić information content (AvgIpc) is 2.64. The van der Waals surface area contributed by atoms with E-state index >= 15 is 0 Å². The van der Waals surface area contributed by atoms with Crippen molar-refractivity contribution in [2.24, 2.45) is 0 Å². The summed E-state index contributed by atoms with van der Waals surface area (Å²) in [5.74, 6) is 0.252. The second kappa shape index (κ2) is 4.28. The zero-order chi connectivity index (χ0) is 9.97. The van der Waals surface area contributed by atoms with E-state index in [2.05, 4.69) is 15.9 Å². The van der Waals surface area contributed by atoms with E-state index in [0.717, 1.165) is 17.5 Å². The second-order valence-corrected chi connectivity index (χ2v) is 4.03. The van der Waals surface area contributed by atoms with E-state index in [1.54, 1.807) is 6.07 Å². The van der Waals surface area contributed by atoms with Crippen molar-refractivity contribution >= 4 is 15.9 Å². The van der Waals surface area contributed by atoms with Gasteiger partial charge in [-0.05, 0) is 28.1 Å². The third-order valence-electron chi connectivity index (χ3n) is 2.07. The van der Waals surface area contributed by atoms with Gasteiger partial charge in [-0.2, -0.15) is 0 Å². The molecule has 1 heterocycles. The van der Waals surface area contributed by atoms with E-state index in [4.69, 9.17) is 9.47 Å². The molecule has 0 radical (unpaired) electrons. The van der Waals surface area contributed by atoms with Gasteiger partial charge < -0.3 is 9.47 Å². The molecule has 1 unspecified atom stereocenters. The molecule has 0 saturated carbocycles. The fourth-order valence-corrected chi connectivity index (χ4v) is 1.69. The Balaban J connectivity index is 2.10. The average molecular weight is 261 g/mol. The van der Waals surface area contributed by atoms with Crippen LogP contribution in [0.25, 0.3) is 0 Å². The SMILES string of the molecule is Fc1ccc(Br)c(OC2CCOC2)c1. The molecule has 0 bridgehead atoms. The summed E-state index contributed by atoms with van der Waals surface area (Å²) in [6, 6.07) is 4.41. The number of ether oxygens (including phenoxy) is 2. The summed E-state index contributed by atoms with van der Waals surface area (Å²) in [6.45, 7) is 1.31. The van der Waals surface area contributed by atoms with Crippen LogP contribution in [-0.4, -0.2) is 19.3 Å². The summed E-state index contributed by atoms with van der Waals surface area (Å²) < 4.78 is 24.4. The molecule has 1 atom stereocenters. The Hall–Kier alpha value is -0.610. The second-order valence-electron chi connectivity index (χ2n) is 3.18. The van der Waals surface area contributed by atoms with Crippen molar-refractivity contribution in [3.05, 3.63) is 28.5 Å². The fraction of sp³-hybridized carbons (Fsp3) is 0.400. The Kier molecular flexibility index (Phi) is 3.03. The Labute approximate surface area is 90.1 Å². The van der Waals surface area contributed by atoms with Gasteiger partial charge in [-0.3, -0.25) is 0 Å². The number of halogens is 2. The van der Waals surface area contributed by atoms with Gasteiger partial charge in [0.2, 0.25) is 0 Å². The maximum Gasteiger partial charge on any atom is 0.136 e. The summed E-state index contributed by atoms with van der Waals surface area (Å²) in [4.78, 5) is 0. The highest BCUT2D eigenvalue weighted by atomic mass is 79.9. The summed E-state index contributed by atoms with van der Waals surface area (Å²) in [7, 11) is 0. The molecule has 1 aliphatic heterocycles. The van der Waals surface area contributed by atoms with E-state index in [1.807, 2.05) is 0 Å². The molecule has 1 saturated heterocycles. The third-order valence-corrected chi connectivity index (χ3v) is 2.73. The number of hydrogen-bond acceptors (Lipinski definition) is 2. The quantitative estimate of drug-likeness (QED) is 0.814. The van der Waals surface area contributed by atoms with Gasteiger partial charge in [0.1, 0.15) is 17.7 Å². The molecule has 2 rings (SSSR count). The molecule has 0 amide bonds. The van der Waals surface area contributed by atoms with Gasteiger partial charge in [0.15, 0.2) is 0 Å². The van der Waals surface area contributed by atoms with Gasteiger partial charge in [-0.1, -0.05) is 0 Å². The van der Waals surface area contributed by atoms with Crippen molar-refractivity contribution in [2.45, 2.75) is 12.5 Å². The minimum absolute atomic E-state index is 0.0492. The van der Waals surface area contributed by atoms with Crippen LogP contribution < -0.4 is 4.74 Å². The standard InChI is InChI=1S/C10H10BrFO2/c11-9-2-1-7(12)5-10(9)14-8-3-4-13-6-8/h1-2,5,8H,3-4,6H2. The van der Waals surface area contributed by atoms with Crippen molar-refractivity contribution in [2.75, 3.05) is 13.2 Å². The zero-order valence-electron chi connectivity index (χ0n) is 7.50. The van der Waals surface area contributed by atoms with E-state index in [-0.39, 0.29) is 11.9 Å². The first-order valence-corrected chi connectivity index (χ1v) is 5.24.